The number of imidazole rings is 1. The van der Waals surface area contributed by atoms with Crippen molar-refractivity contribution < 1.29 is 5.11 Å². The molecule has 23 heavy (non-hydrogen) atoms. The molecule has 0 saturated carbocycles. The summed E-state index contributed by atoms with van der Waals surface area (Å²) < 4.78 is 2.18. The predicted molar refractivity (Wildman–Crippen MR) is 97.3 cm³/mol. The number of aromatic nitrogens is 2. The molecule has 0 spiro atoms. The van der Waals surface area contributed by atoms with Crippen molar-refractivity contribution in [1.29, 1.82) is 0 Å². The number of hydrogen-bond donors (Lipinski definition) is 1. The number of rotatable bonds is 5. The molecule has 0 fully saturated rings. The molecular formula is C18H19ClN2OS. The topological polar surface area (TPSA) is 38.1 Å². The number of fused-ring (bicyclic) bond motifs is 1. The largest absolute Gasteiger partial charge is 0.390 e. The third-order valence-electron chi connectivity index (χ3n) is 3.41. The summed E-state index contributed by atoms with van der Waals surface area (Å²) in [5.41, 5.74) is 2.41. The number of nitrogens with zero attached hydrogens (tertiary/aromatic N) is 2. The predicted octanol–water partition coefficient (Wildman–Crippen LogP) is 4.60. The number of aliphatic hydroxyl groups is 1. The smallest absolute Gasteiger partial charge is 0.169 e. The molecule has 0 amide bonds. The molecule has 1 heterocycles. The zero-order chi connectivity index (χ0) is 16.4. The molecular weight excluding hydrogens is 328 g/mol. The third kappa shape index (κ3) is 4.08. The highest BCUT2D eigenvalue weighted by Gasteiger charge is 2.17. The molecule has 0 bridgehead atoms. The van der Waals surface area contributed by atoms with E-state index in [4.69, 9.17) is 16.6 Å². The molecule has 3 aromatic rings. The van der Waals surface area contributed by atoms with E-state index in [0.717, 1.165) is 22.7 Å². The Morgan fingerprint density at radius 2 is 1.91 bits per heavy atom. The minimum Gasteiger partial charge on any atom is -0.390 e. The summed E-state index contributed by atoms with van der Waals surface area (Å²) >= 11 is 7.66. The average Bonchev–Trinajstić information content (AvgIpc) is 2.82. The monoisotopic (exact) mass is 346 g/mol. The quantitative estimate of drug-likeness (QED) is 0.686. The Kier molecular flexibility index (Phi) is 4.67. The van der Waals surface area contributed by atoms with Gasteiger partial charge in [0.25, 0.3) is 0 Å². The summed E-state index contributed by atoms with van der Waals surface area (Å²) in [4.78, 5) is 4.70. The second-order valence-corrected chi connectivity index (χ2v) is 7.58. The van der Waals surface area contributed by atoms with Crippen LogP contribution in [0.2, 0.25) is 5.02 Å². The normalized spacial score (nSPS) is 12.0. The Morgan fingerprint density at radius 3 is 2.61 bits per heavy atom. The van der Waals surface area contributed by atoms with Crippen molar-refractivity contribution >= 4 is 34.4 Å². The van der Waals surface area contributed by atoms with Gasteiger partial charge < -0.3 is 9.67 Å². The molecule has 3 nitrogen and oxygen atoms in total. The van der Waals surface area contributed by atoms with Crippen LogP contribution in [-0.4, -0.2) is 26.0 Å². The van der Waals surface area contributed by atoms with Crippen molar-refractivity contribution in [3.8, 4) is 0 Å². The molecule has 0 atom stereocenters. The minimum atomic E-state index is -0.738. The average molecular weight is 347 g/mol. The molecule has 1 aromatic heterocycles. The lowest BCUT2D eigenvalue weighted by Gasteiger charge is -2.16. The number of hydrogen-bond acceptors (Lipinski definition) is 3. The van der Waals surface area contributed by atoms with Gasteiger partial charge in [-0.15, -0.1) is 0 Å². The first-order valence-corrected chi connectivity index (χ1v) is 8.84. The van der Waals surface area contributed by atoms with E-state index in [9.17, 15) is 5.11 Å². The summed E-state index contributed by atoms with van der Waals surface area (Å²) in [6.07, 6.45) is 0. The lowest BCUT2D eigenvalue weighted by Crippen LogP contribution is -2.22. The second kappa shape index (κ2) is 6.56. The lowest BCUT2D eigenvalue weighted by molar-refractivity contribution is 0.107. The maximum atomic E-state index is 10.00. The summed E-state index contributed by atoms with van der Waals surface area (Å²) in [5, 5.41) is 11.6. The van der Waals surface area contributed by atoms with Crippen LogP contribution in [0.4, 0.5) is 0 Å². The van der Waals surface area contributed by atoms with Crippen molar-refractivity contribution in [3.63, 3.8) is 0 Å². The van der Waals surface area contributed by atoms with E-state index in [-0.39, 0.29) is 0 Å². The Balaban J connectivity index is 2.01. The van der Waals surface area contributed by atoms with Crippen LogP contribution in [0.3, 0.4) is 0 Å². The van der Waals surface area contributed by atoms with Crippen LogP contribution in [0.1, 0.15) is 19.4 Å². The van der Waals surface area contributed by atoms with Gasteiger partial charge in [-0.3, -0.25) is 0 Å². The van der Waals surface area contributed by atoms with Crippen molar-refractivity contribution in [2.24, 2.45) is 0 Å². The number of benzene rings is 2. The van der Waals surface area contributed by atoms with Crippen LogP contribution >= 0.6 is 23.4 Å². The third-order valence-corrected chi connectivity index (χ3v) is 5.07. The number of halogens is 1. The van der Waals surface area contributed by atoms with Gasteiger partial charge in [0.05, 0.1) is 23.2 Å². The Hall–Kier alpha value is -1.49. The van der Waals surface area contributed by atoms with Crippen LogP contribution in [0.15, 0.2) is 53.7 Å². The van der Waals surface area contributed by atoms with E-state index in [1.165, 1.54) is 5.56 Å². The lowest BCUT2D eigenvalue weighted by atomic mass is 10.2. The first-order chi connectivity index (χ1) is 10.9. The van der Waals surface area contributed by atoms with E-state index in [2.05, 4.69) is 16.7 Å². The molecule has 0 aliphatic carbocycles. The fourth-order valence-corrected chi connectivity index (χ4v) is 3.48. The summed E-state index contributed by atoms with van der Waals surface area (Å²) in [5.74, 6) is 0.582. The first kappa shape index (κ1) is 16.4. The zero-order valence-electron chi connectivity index (χ0n) is 13.2. The van der Waals surface area contributed by atoms with E-state index in [1.54, 1.807) is 25.6 Å². The fourth-order valence-electron chi connectivity index (χ4n) is 2.35. The van der Waals surface area contributed by atoms with Gasteiger partial charge in [-0.1, -0.05) is 53.7 Å². The zero-order valence-corrected chi connectivity index (χ0v) is 14.7. The molecule has 5 heteroatoms. The molecule has 0 aliphatic rings. The van der Waals surface area contributed by atoms with Crippen LogP contribution < -0.4 is 0 Å². The van der Waals surface area contributed by atoms with Crippen molar-refractivity contribution in [1.82, 2.24) is 9.55 Å². The molecule has 0 radical (unpaired) electrons. The van der Waals surface area contributed by atoms with Crippen LogP contribution in [0.5, 0.6) is 0 Å². The van der Waals surface area contributed by atoms with Crippen LogP contribution in [0, 0.1) is 0 Å². The van der Waals surface area contributed by atoms with E-state index in [1.807, 2.05) is 36.4 Å². The van der Waals surface area contributed by atoms with Crippen molar-refractivity contribution in [3.05, 3.63) is 59.1 Å². The summed E-state index contributed by atoms with van der Waals surface area (Å²) in [6, 6.07) is 16.1. The highest BCUT2D eigenvalue weighted by atomic mass is 35.5. The SMILES string of the molecule is CC(C)(O)CSc1nc2cc(Cl)ccc2n1Cc1ccccc1. The van der Waals surface area contributed by atoms with Crippen LogP contribution in [0.25, 0.3) is 11.0 Å². The van der Waals surface area contributed by atoms with Gasteiger partial charge in [0.15, 0.2) is 5.16 Å². The first-order valence-electron chi connectivity index (χ1n) is 7.47. The molecule has 3 rings (SSSR count). The van der Waals surface area contributed by atoms with Gasteiger partial charge >= 0.3 is 0 Å². The van der Waals surface area contributed by atoms with E-state index in [0.29, 0.717) is 10.8 Å². The standard InChI is InChI=1S/C18H19ClN2OS/c1-18(2,22)12-23-17-20-15-10-14(19)8-9-16(15)21(17)11-13-6-4-3-5-7-13/h3-10,22H,11-12H2,1-2H3. The van der Waals surface area contributed by atoms with Crippen molar-refractivity contribution in [2.45, 2.75) is 31.1 Å². The van der Waals surface area contributed by atoms with E-state index < -0.39 is 5.60 Å². The highest BCUT2D eigenvalue weighted by Crippen LogP contribution is 2.29. The van der Waals surface area contributed by atoms with Gasteiger partial charge in [-0.2, -0.15) is 0 Å². The molecule has 0 aliphatic heterocycles. The second-order valence-electron chi connectivity index (χ2n) is 6.20. The van der Waals surface area contributed by atoms with Gasteiger partial charge in [0.2, 0.25) is 0 Å². The van der Waals surface area contributed by atoms with E-state index >= 15 is 0 Å². The van der Waals surface area contributed by atoms with Gasteiger partial charge in [-0.05, 0) is 37.6 Å². The Morgan fingerprint density at radius 1 is 1.17 bits per heavy atom. The molecule has 0 unspecified atom stereocenters. The van der Waals surface area contributed by atoms with Crippen molar-refractivity contribution in [2.75, 3.05) is 5.75 Å². The fraction of sp³-hybridized carbons (Fsp3) is 0.278. The Bertz CT molecular complexity index is 809. The highest BCUT2D eigenvalue weighted by molar-refractivity contribution is 7.99. The van der Waals surface area contributed by atoms with Crippen LogP contribution in [-0.2, 0) is 6.54 Å². The Labute approximate surface area is 145 Å². The molecule has 1 N–H and O–H groups in total. The molecule has 0 saturated heterocycles. The van der Waals surface area contributed by atoms with Gasteiger partial charge in [0.1, 0.15) is 0 Å². The van der Waals surface area contributed by atoms with Gasteiger partial charge in [0, 0.05) is 10.8 Å². The summed E-state index contributed by atoms with van der Waals surface area (Å²) in [6.45, 7) is 4.36. The molecule has 120 valence electrons. The maximum absolute atomic E-state index is 10.00. The maximum Gasteiger partial charge on any atom is 0.169 e. The van der Waals surface area contributed by atoms with Gasteiger partial charge in [-0.25, -0.2) is 4.98 Å². The number of thioether (sulfide) groups is 1. The summed E-state index contributed by atoms with van der Waals surface area (Å²) in [7, 11) is 0. The molecule has 2 aromatic carbocycles. The minimum absolute atomic E-state index is 0.582.